The van der Waals surface area contributed by atoms with Crippen molar-refractivity contribution < 1.29 is 4.52 Å². The summed E-state index contributed by atoms with van der Waals surface area (Å²) in [5.74, 6) is 2.88. The van der Waals surface area contributed by atoms with Gasteiger partial charge in [0.25, 0.3) is 0 Å². The third kappa shape index (κ3) is 1.82. The molecular formula is C14H14N4O. The van der Waals surface area contributed by atoms with E-state index in [1.54, 1.807) is 0 Å². The SMILES string of the molecule is Cc1nc(C2CC2Cc2noc3ccccc23)n[nH]1. The van der Waals surface area contributed by atoms with Crippen LogP contribution in [-0.4, -0.2) is 20.3 Å². The first kappa shape index (κ1) is 10.7. The molecule has 1 aliphatic rings. The van der Waals surface area contributed by atoms with E-state index in [1.165, 1.54) is 0 Å². The van der Waals surface area contributed by atoms with Crippen molar-refractivity contribution in [2.45, 2.75) is 25.7 Å². The molecule has 3 aromatic rings. The molecule has 1 aromatic carbocycles. The average Bonchev–Trinajstić information content (AvgIpc) is 2.85. The maximum atomic E-state index is 5.34. The lowest BCUT2D eigenvalue weighted by Gasteiger charge is -1.94. The van der Waals surface area contributed by atoms with Crippen LogP contribution in [0.3, 0.4) is 0 Å². The zero-order valence-electron chi connectivity index (χ0n) is 10.6. The Labute approximate surface area is 110 Å². The molecule has 2 heterocycles. The number of para-hydroxylation sites is 1. The summed E-state index contributed by atoms with van der Waals surface area (Å²) in [6.07, 6.45) is 2.08. The van der Waals surface area contributed by atoms with Crippen LogP contribution in [0.15, 0.2) is 28.8 Å². The molecule has 96 valence electrons. The van der Waals surface area contributed by atoms with Crippen molar-refractivity contribution in [1.82, 2.24) is 20.3 Å². The Morgan fingerprint density at radius 2 is 2.26 bits per heavy atom. The molecule has 0 saturated heterocycles. The van der Waals surface area contributed by atoms with Crippen LogP contribution in [-0.2, 0) is 6.42 Å². The highest BCUT2D eigenvalue weighted by Gasteiger charge is 2.41. The van der Waals surface area contributed by atoms with Crippen molar-refractivity contribution >= 4 is 11.0 Å². The summed E-state index contributed by atoms with van der Waals surface area (Å²) in [6, 6.07) is 8.00. The highest BCUT2D eigenvalue weighted by molar-refractivity contribution is 5.79. The smallest absolute Gasteiger partial charge is 0.167 e. The number of nitrogens with zero attached hydrogens (tertiary/aromatic N) is 3. The maximum Gasteiger partial charge on any atom is 0.167 e. The number of aryl methyl sites for hydroxylation is 1. The molecule has 0 amide bonds. The number of fused-ring (bicyclic) bond motifs is 1. The van der Waals surface area contributed by atoms with E-state index in [2.05, 4.69) is 26.4 Å². The maximum absolute atomic E-state index is 5.34. The predicted octanol–water partition coefficient (Wildman–Crippen LogP) is 2.60. The van der Waals surface area contributed by atoms with E-state index >= 15 is 0 Å². The Balaban J connectivity index is 1.54. The van der Waals surface area contributed by atoms with Gasteiger partial charge in [0.1, 0.15) is 5.82 Å². The molecule has 2 atom stereocenters. The lowest BCUT2D eigenvalue weighted by molar-refractivity contribution is 0.443. The van der Waals surface area contributed by atoms with Gasteiger partial charge in [0, 0.05) is 11.3 Å². The first-order valence-electron chi connectivity index (χ1n) is 6.53. The lowest BCUT2D eigenvalue weighted by Crippen LogP contribution is -1.92. The fourth-order valence-electron chi connectivity index (χ4n) is 2.65. The second kappa shape index (κ2) is 3.91. The third-order valence-electron chi connectivity index (χ3n) is 3.78. The van der Waals surface area contributed by atoms with Crippen LogP contribution in [0.1, 0.15) is 29.7 Å². The number of hydrogen-bond acceptors (Lipinski definition) is 4. The molecule has 0 spiro atoms. The first-order valence-corrected chi connectivity index (χ1v) is 6.53. The minimum atomic E-state index is 0.473. The van der Waals surface area contributed by atoms with Crippen LogP contribution in [0.4, 0.5) is 0 Å². The number of aromatic amines is 1. The van der Waals surface area contributed by atoms with E-state index in [4.69, 9.17) is 4.52 Å². The van der Waals surface area contributed by atoms with Gasteiger partial charge in [-0.15, -0.1) is 0 Å². The number of benzene rings is 1. The van der Waals surface area contributed by atoms with Gasteiger partial charge in [-0.2, -0.15) is 5.10 Å². The molecule has 0 bridgehead atoms. The molecule has 0 radical (unpaired) electrons. The Hall–Kier alpha value is -2.17. The van der Waals surface area contributed by atoms with Gasteiger partial charge >= 0.3 is 0 Å². The van der Waals surface area contributed by atoms with Gasteiger partial charge in [-0.05, 0) is 37.8 Å². The number of H-pyrrole nitrogens is 1. The van der Waals surface area contributed by atoms with Gasteiger partial charge in [0.05, 0.1) is 5.69 Å². The van der Waals surface area contributed by atoms with E-state index in [9.17, 15) is 0 Å². The largest absolute Gasteiger partial charge is 0.356 e. The van der Waals surface area contributed by atoms with E-state index in [0.717, 1.165) is 41.2 Å². The summed E-state index contributed by atoms with van der Waals surface area (Å²) in [6.45, 7) is 1.93. The predicted molar refractivity (Wildman–Crippen MR) is 69.7 cm³/mol. The molecule has 1 aliphatic carbocycles. The molecular weight excluding hydrogens is 240 g/mol. The van der Waals surface area contributed by atoms with Gasteiger partial charge in [-0.25, -0.2) is 4.98 Å². The molecule has 1 N–H and O–H groups in total. The summed E-state index contributed by atoms with van der Waals surface area (Å²) in [5.41, 5.74) is 1.92. The van der Waals surface area contributed by atoms with Gasteiger partial charge in [0.15, 0.2) is 11.4 Å². The van der Waals surface area contributed by atoms with Crippen LogP contribution < -0.4 is 0 Å². The van der Waals surface area contributed by atoms with E-state index < -0.39 is 0 Å². The first-order chi connectivity index (χ1) is 9.31. The van der Waals surface area contributed by atoms with Gasteiger partial charge < -0.3 is 4.52 Å². The van der Waals surface area contributed by atoms with Crippen molar-refractivity contribution in [3.8, 4) is 0 Å². The van der Waals surface area contributed by atoms with Gasteiger partial charge in [0.2, 0.25) is 0 Å². The van der Waals surface area contributed by atoms with Gasteiger partial charge in [-0.3, -0.25) is 5.10 Å². The number of nitrogens with one attached hydrogen (secondary N) is 1. The fraction of sp³-hybridized carbons (Fsp3) is 0.357. The molecule has 2 unspecified atom stereocenters. The minimum absolute atomic E-state index is 0.473. The molecule has 0 aliphatic heterocycles. The van der Waals surface area contributed by atoms with Crippen molar-refractivity contribution in [3.63, 3.8) is 0 Å². The average molecular weight is 254 g/mol. The van der Waals surface area contributed by atoms with Crippen molar-refractivity contribution in [1.29, 1.82) is 0 Å². The fourth-order valence-corrected chi connectivity index (χ4v) is 2.65. The highest BCUT2D eigenvalue weighted by atomic mass is 16.5. The molecule has 1 fully saturated rings. The number of aromatic nitrogens is 4. The minimum Gasteiger partial charge on any atom is -0.356 e. The van der Waals surface area contributed by atoms with Crippen LogP contribution >= 0.6 is 0 Å². The molecule has 19 heavy (non-hydrogen) atoms. The van der Waals surface area contributed by atoms with Crippen LogP contribution in [0.2, 0.25) is 0 Å². The molecule has 1 saturated carbocycles. The zero-order chi connectivity index (χ0) is 12.8. The van der Waals surface area contributed by atoms with Crippen molar-refractivity contribution in [2.24, 2.45) is 5.92 Å². The van der Waals surface area contributed by atoms with Crippen molar-refractivity contribution in [3.05, 3.63) is 41.6 Å². The topological polar surface area (TPSA) is 67.6 Å². The number of rotatable bonds is 3. The summed E-state index contributed by atoms with van der Waals surface area (Å²) < 4.78 is 5.34. The summed E-state index contributed by atoms with van der Waals surface area (Å²) in [7, 11) is 0. The monoisotopic (exact) mass is 254 g/mol. The van der Waals surface area contributed by atoms with Crippen molar-refractivity contribution in [2.75, 3.05) is 0 Å². The molecule has 2 aromatic heterocycles. The molecule has 5 nitrogen and oxygen atoms in total. The zero-order valence-corrected chi connectivity index (χ0v) is 10.6. The second-order valence-electron chi connectivity index (χ2n) is 5.21. The summed E-state index contributed by atoms with van der Waals surface area (Å²) in [5, 5.41) is 12.5. The molecule has 4 rings (SSSR count). The summed E-state index contributed by atoms with van der Waals surface area (Å²) >= 11 is 0. The Bertz CT molecular complexity index is 730. The lowest BCUT2D eigenvalue weighted by atomic mass is 10.1. The summed E-state index contributed by atoms with van der Waals surface area (Å²) in [4.78, 5) is 4.40. The Morgan fingerprint density at radius 1 is 1.37 bits per heavy atom. The van der Waals surface area contributed by atoms with E-state index in [-0.39, 0.29) is 0 Å². The van der Waals surface area contributed by atoms with Gasteiger partial charge in [-0.1, -0.05) is 17.3 Å². The third-order valence-corrected chi connectivity index (χ3v) is 3.78. The standard InChI is InChI=1S/C14H14N4O/c1-8-15-14(17-16-8)11-6-9(11)7-12-10-4-2-3-5-13(10)19-18-12/h2-5,9,11H,6-7H2,1H3,(H,15,16,17). The van der Waals surface area contributed by atoms with E-state index in [1.807, 2.05) is 25.1 Å². The second-order valence-corrected chi connectivity index (χ2v) is 5.21. The van der Waals surface area contributed by atoms with Crippen LogP contribution in [0, 0.1) is 12.8 Å². The van der Waals surface area contributed by atoms with Crippen LogP contribution in [0.25, 0.3) is 11.0 Å². The Kier molecular flexibility index (Phi) is 2.21. The van der Waals surface area contributed by atoms with Crippen LogP contribution in [0.5, 0.6) is 0 Å². The number of hydrogen-bond donors (Lipinski definition) is 1. The molecule has 5 heteroatoms. The Morgan fingerprint density at radius 3 is 3.11 bits per heavy atom. The highest BCUT2D eigenvalue weighted by Crippen LogP contribution is 2.48. The quantitative estimate of drug-likeness (QED) is 0.780. The normalized spacial score (nSPS) is 21.9. The van der Waals surface area contributed by atoms with E-state index in [0.29, 0.717) is 11.8 Å².